The van der Waals surface area contributed by atoms with E-state index in [0.717, 1.165) is 34.8 Å². The molecule has 3 aromatic rings. The van der Waals surface area contributed by atoms with Gasteiger partial charge < -0.3 is 9.64 Å². The number of amides is 1. The van der Waals surface area contributed by atoms with Gasteiger partial charge in [-0.3, -0.25) is 4.79 Å². The minimum absolute atomic E-state index is 0.0288. The van der Waals surface area contributed by atoms with Crippen LogP contribution in [0.5, 0.6) is 0 Å². The zero-order valence-electron chi connectivity index (χ0n) is 15.6. The van der Waals surface area contributed by atoms with Crippen LogP contribution in [0, 0.1) is 0 Å². The molecule has 1 aliphatic rings. The summed E-state index contributed by atoms with van der Waals surface area (Å²) < 4.78 is 4.77. The van der Waals surface area contributed by atoms with Gasteiger partial charge in [-0.1, -0.05) is 30.3 Å². The van der Waals surface area contributed by atoms with Crippen LogP contribution in [0.4, 0.5) is 5.69 Å². The van der Waals surface area contributed by atoms with Crippen molar-refractivity contribution in [3.05, 3.63) is 81.3 Å². The quantitative estimate of drug-likeness (QED) is 0.622. The Morgan fingerprint density at radius 3 is 2.79 bits per heavy atom. The number of benzene rings is 2. The van der Waals surface area contributed by atoms with Gasteiger partial charge in [-0.15, -0.1) is 11.3 Å². The van der Waals surface area contributed by atoms with Gasteiger partial charge in [0.05, 0.1) is 29.8 Å². The molecule has 142 valence electrons. The van der Waals surface area contributed by atoms with Crippen LogP contribution in [-0.2, 0) is 28.8 Å². The van der Waals surface area contributed by atoms with E-state index in [1.165, 1.54) is 12.7 Å². The fourth-order valence-electron chi connectivity index (χ4n) is 3.44. The summed E-state index contributed by atoms with van der Waals surface area (Å²) in [6, 6.07) is 15.5. The van der Waals surface area contributed by atoms with Crippen LogP contribution in [0.2, 0.25) is 0 Å². The monoisotopic (exact) mass is 392 g/mol. The smallest absolute Gasteiger partial charge is 0.337 e. The predicted octanol–water partition coefficient (Wildman–Crippen LogP) is 3.65. The van der Waals surface area contributed by atoms with Crippen molar-refractivity contribution in [2.75, 3.05) is 18.6 Å². The maximum absolute atomic E-state index is 12.8. The van der Waals surface area contributed by atoms with Crippen LogP contribution >= 0.6 is 11.3 Å². The second kappa shape index (κ2) is 7.94. The number of fused-ring (bicyclic) bond motifs is 1. The van der Waals surface area contributed by atoms with Gasteiger partial charge in [0.25, 0.3) is 0 Å². The summed E-state index contributed by atoms with van der Waals surface area (Å²) in [6.07, 6.45) is 1.80. The maximum Gasteiger partial charge on any atom is 0.337 e. The SMILES string of the molecule is COC(=O)c1ccc2c(c1)CCN2C(=O)Cc1csc(Cc2ccccc2)n1. The first-order valence-electron chi connectivity index (χ1n) is 9.13. The fourth-order valence-corrected chi connectivity index (χ4v) is 4.27. The van der Waals surface area contributed by atoms with E-state index in [0.29, 0.717) is 12.1 Å². The summed E-state index contributed by atoms with van der Waals surface area (Å²) in [6.45, 7) is 0.625. The second-order valence-corrected chi connectivity index (χ2v) is 7.64. The number of thiazole rings is 1. The third kappa shape index (κ3) is 3.82. The van der Waals surface area contributed by atoms with E-state index in [9.17, 15) is 9.59 Å². The van der Waals surface area contributed by atoms with Crippen LogP contribution in [0.25, 0.3) is 0 Å². The average molecular weight is 392 g/mol. The highest BCUT2D eigenvalue weighted by Gasteiger charge is 2.26. The van der Waals surface area contributed by atoms with E-state index in [-0.39, 0.29) is 18.3 Å². The molecule has 0 spiro atoms. The van der Waals surface area contributed by atoms with Gasteiger partial charge in [0.1, 0.15) is 0 Å². The molecule has 0 N–H and O–H groups in total. The number of anilines is 1. The lowest BCUT2D eigenvalue weighted by Crippen LogP contribution is -2.30. The molecule has 0 aliphatic carbocycles. The van der Waals surface area contributed by atoms with Crippen molar-refractivity contribution in [1.29, 1.82) is 0 Å². The third-order valence-corrected chi connectivity index (χ3v) is 5.72. The molecule has 0 unspecified atom stereocenters. The Bertz CT molecular complexity index is 1010. The number of aromatic nitrogens is 1. The van der Waals surface area contributed by atoms with Crippen LogP contribution in [0.1, 0.15) is 32.2 Å². The van der Waals surface area contributed by atoms with E-state index >= 15 is 0 Å². The molecule has 2 heterocycles. The third-order valence-electron chi connectivity index (χ3n) is 4.83. The Labute approximate surface area is 167 Å². The van der Waals surface area contributed by atoms with Crippen molar-refractivity contribution in [3.8, 4) is 0 Å². The summed E-state index contributed by atoms with van der Waals surface area (Å²) in [5.74, 6) is -0.331. The molecule has 0 fully saturated rings. The first-order valence-corrected chi connectivity index (χ1v) is 10.0. The molecular weight excluding hydrogens is 372 g/mol. The number of methoxy groups -OCH3 is 1. The molecule has 5 nitrogen and oxygen atoms in total. The van der Waals surface area contributed by atoms with Crippen molar-refractivity contribution in [2.45, 2.75) is 19.3 Å². The van der Waals surface area contributed by atoms with Crippen molar-refractivity contribution < 1.29 is 14.3 Å². The molecule has 0 saturated heterocycles. The van der Waals surface area contributed by atoms with E-state index in [2.05, 4.69) is 17.1 Å². The zero-order chi connectivity index (χ0) is 19.5. The van der Waals surface area contributed by atoms with Gasteiger partial charge in [0.2, 0.25) is 5.91 Å². The van der Waals surface area contributed by atoms with Crippen molar-refractivity contribution >= 4 is 28.9 Å². The Hall–Kier alpha value is -2.99. The van der Waals surface area contributed by atoms with Crippen LogP contribution in [0.3, 0.4) is 0 Å². The largest absolute Gasteiger partial charge is 0.465 e. The van der Waals surface area contributed by atoms with Crippen molar-refractivity contribution in [1.82, 2.24) is 4.98 Å². The summed E-state index contributed by atoms with van der Waals surface area (Å²) >= 11 is 1.59. The molecular formula is C22H20N2O3S. The van der Waals surface area contributed by atoms with Gasteiger partial charge in [0.15, 0.2) is 0 Å². The fraction of sp³-hybridized carbons (Fsp3) is 0.227. The van der Waals surface area contributed by atoms with Gasteiger partial charge in [-0.25, -0.2) is 9.78 Å². The highest BCUT2D eigenvalue weighted by molar-refractivity contribution is 7.09. The summed E-state index contributed by atoms with van der Waals surface area (Å²) in [4.78, 5) is 30.9. The topological polar surface area (TPSA) is 59.5 Å². The lowest BCUT2D eigenvalue weighted by Gasteiger charge is -2.17. The average Bonchev–Trinajstić information content (AvgIpc) is 3.34. The molecule has 1 aromatic heterocycles. The molecule has 1 aliphatic heterocycles. The summed E-state index contributed by atoms with van der Waals surface area (Å²) in [7, 11) is 1.37. The molecule has 4 rings (SSSR count). The predicted molar refractivity (Wildman–Crippen MR) is 109 cm³/mol. The highest BCUT2D eigenvalue weighted by Crippen LogP contribution is 2.30. The molecule has 6 heteroatoms. The Balaban J connectivity index is 1.44. The van der Waals surface area contributed by atoms with E-state index < -0.39 is 0 Å². The van der Waals surface area contributed by atoms with Crippen LogP contribution in [-0.4, -0.2) is 30.5 Å². The number of rotatable bonds is 5. The van der Waals surface area contributed by atoms with Gasteiger partial charge in [-0.05, 0) is 35.7 Å². The molecule has 0 saturated carbocycles. The molecule has 28 heavy (non-hydrogen) atoms. The Kier molecular flexibility index (Phi) is 5.21. The van der Waals surface area contributed by atoms with Gasteiger partial charge in [-0.2, -0.15) is 0 Å². The Morgan fingerprint density at radius 1 is 1.18 bits per heavy atom. The van der Waals surface area contributed by atoms with Crippen LogP contribution < -0.4 is 4.90 Å². The van der Waals surface area contributed by atoms with Crippen LogP contribution in [0.15, 0.2) is 53.9 Å². The van der Waals surface area contributed by atoms with E-state index in [1.807, 2.05) is 35.7 Å². The minimum atomic E-state index is -0.360. The number of nitrogens with zero attached hydrogens (tertiary/aromatic N) is 2. The van der Waals surface area contributed by atoms with E-state index in [4.69, 9.17) is 4.74 Å². The Morgan fingerprint density at radius 2 is 2.00 bits per heavy atom. The van der Waals surface area contributed by atoms with Crippen molar-refractivity contribution in [3.63, 3.8) is 0 Å². The summed E-state index contributed by atoms with van der Waals surface area (Å²) in [5, 5.41) is 2.98. The second-order valence-electron chi connectivity index (χ2n) is 6.70. The first-order chi connectivity index (χ1) is 13.6. The number of hydrogen-bond acceptors (Lipinski definition) is 5. The molecule has 0 atom stereocenters. The van der Waals surface area contributed by atoms with Gasteiger partial charge in [0, 0.05) is 24.0 Å². The highest BCUT2D eigenvalue weighted by atomic mass is 32.1. The molecule has 2 aromatic carbocycles. The minimum Gasteiger partial charge on any atom is -0.465 e. The van der Waals surface area contributed by atoms with E-state index in [1.54, 1.807) is 22.3 Å². The number of esters is 1. The number of carbonyl (C=O) groups excluding carboxylic acids is 2. The summed E-state index contributed by atoms with van der Waals surface area (Å²) in [5.41, 5.74) is 4.41. The lowest BCUT2D eigenvalue weighted by molar-refractivity contribution is -0.117. The zero-order valence-corrected chi connectivity index (χ0v) is 16.4. The first kappa shape index (κ1) is 18.4. The standard InChI is InChI=1S/C22H20N2O3S/c1-27-22(26)17-7-8-19-16(12-17)9-10-24(19)21(25)13-18-14-28-20(23-18)11-15-5-3-2-4-6-15/h2-8,12,14H,9-11,13H2,1H3. The number of carbonyl (C=O) groups is 2. The molecule has 1 amide bonds. The molecule has 0 radical (unpaired) electrons. The number of ether oxygens (including phenoxy) is 1. The molecule has 0 bridgehead atoms. The van der Waals surface area contributed by atoms with Gasteiger partial charge >= 0.3 is 5.97 Å². The van der Waals surface area contributed by atoms with Crippen molar-refractivity contribution in [2.24, 2.45) is 0 Å². The normalized spacial score (nSPS) is 12.7. The maximum atomic E-state index is 12.8. The lowest BCUT2D eigenvalue weighted by atomic mass is 10.1. The number of hydrogen-bond donors (Lipinski definition) is 0.